The molecule has 8 heteroatoms. The molecule has 0 bridgehead atoms. The van der Waals surface area contributed by atoms with E-state index in [9.17, 15) is 18.0 Å². The van der Waals surface area contributed by atoms with Crippen molar-refractivity contribution >= 4 is 35.0 Å². The third-order valence-electron chi connectivity index (χ3n) is 4.65. The molecule has 3 aromatic rings. The number of para-hydroxylation sites is 2. The smallest absolute Gasteiger partial charge is 0.435 e. The van der Waals surface area contributed by atoms with Crippen molar-refractivity contribution in [3.63, 3.8) is 0 Å². The highest BCUT2D eigenvalue weighted by Gasteiger charge is 2.46. The number of hydrogen-bond donors (Lipinski definition) is 0. The lowest BCUT2D eigenvalue weighted by molar-refractivity contribution is -0.114. The molecule has 0 atom stereocenters. The van der Waals surface area contributed by atoms with Crippen LogP contribution in [0.5, 0.6) is 5.75 Å². The van der Waals surface area contributed by atoms with Crippen LogP contribution in [-0.4, -0.2) is 17.8 Å². The monoisotopic (exact) mass is 456 g/mol. The molecule has 4 rings (SSSR count). The maximum Gasteiger partial charge on any atom is 0.435 e. The molecular formula is C24H16ClF3N2O2. The van der Waals surface area contributed by atoms with Crippen molar-refractivity contribution in [2.24, 2.45) is 5.10 Å². The summed E-state index contributed by atoms with van der Waals surface area (Å²) in [6, 6.07) is 21.6. The van der Waals surface area contributed by atoms with Crippen LogP contribution in [0, 0.1) is 0 Å². The topological polar surface area (TPSA) is 41.9 Å². The lowest BCUT2D eigenvalue weighted by Gasteiger charge is -2.12. The molecule has 4 nitrogen and oxygen atoms in total. The molecule has 162 valence electrons. The molecule has 1 amide bonds. The van der Waals surface area contributed by atoms with Crippen molar-refractivity contribution in [2.75, 3.05) is 5.01 Å². The Morgan fingerprint density at radius 2 is 1.69 bits per heavy atom. The Morgan fingerprint density at radius 3 is 2.41 bits per heavy atom. The van der Waals surface area contributed by atoms with Crippen LogP contribution in [0.15, 0.2) is 89.5 Å². The summed E-state index contributed by atoms with van der Waals surface area (Å²) in [4.78, 5) is 12.9. The molecule has 0 radical (unpaired) electrons. The van der Waals surface area contributed by atoms with Gasteiger partial charge in [0.05, 0.1) is 11.3 Å². The van der Waals surface area contributed by atoms with E-state index < -0.39 is 23.4 Å². The fourth-order valence-corrected chi connectivity index (χ4v) is 3.39. The number of anilines is 1. The number of nitrogens with zero attached hydrogens (tertiary/aromatic N) is 2. The maximum atomic E-state index is 13.7. The van der Waals surface area contributed by atoms with Crippen molar-refractivity contribution in [2.45, 2.75) is 12.8 Å². The number of ether oxygens (including phenoxy) is 1. The number of rotatable bonds is 5. The number of hydrogen-bond acceptors (Lipinski definition) is 3. The highest BCUT2D eigenvalue weighted by Crippen LogP contribution is 2.34. The summed E-state index contributed by atoms with van der Waals surface area (Å²) < 4.78 is 46.9. The van der Waals surface area contributed by atoms with Gasteiger partial charge in [0, 0.05) is 10.6 Å². The first-order valence-corrected chi connectivity index (χ1v) is 9.94. The van der Waals surface area contributed by atoms with Crippen molar-refractivity contribution in [1.82, 2.24) is 0 Å². The number of halogens is 4. The van der Waals surface area contributed by atoms with E-state index in [0.29, 0.717) is 16.3 Å². The summed E-state index contributed by atoms with van der Waals surface area (Å²) >= 11 is 5.98. The van der Waals surface area contributed by atoms with Crippen LogP contribution < -0.4 is 9.75 Å². The third kappa shape index (κ3) is 4.68. The molecule has 3 aromatic carbocycles. The Labute approximate surface area is 187 Å². The van der Waals surface area contributed by atoms with Gasteiger partial charge in [0.2, 0.25) is 0 Å². The molecule has 1 aliphatic rings. The Morgan fingerprint density at radius 1 is 0.969 bits per heavy atom. The van der Waals surface area contributed by atoms with Crippen molar-refractivity contribution in [3.05, 3.63) is 101 Å². The van der Waals surface area contributed by atoms with Crippen LogP contribution in [0.25, 0.3) is 6.08 Å². The van der Waals surface area contributed by atoms with Crippen LogP contribution in [0.1, 0.15) is 11.1 Å². The van der Waals surface area contributed by atoms with Gasteiger partial charge in [-0.1, -0.05) is 60.1 Å². The highest BCUT2D eigenvalue weighted by molar-refractivity contribution is 6.34. The van der Waals surface area contributed by atoms with Gasteiger partial charge in [-0.15, -0.1) is 0 Å². The van der Waals surface area contributed by atoms with Crippen LogP contribution >= 0.6 is 11.6 Å². The van der Waals surface area contributed by atoms with Crippen LogP contribution in [0.3, 0.4) is 0 Å². The van der Waals surface area contributed by atoms with E-state index in [0.717, 1.165) is 16.6 Å². The summed E-state index contributed by atoms with van der Waals surface area (Å²) in [5.74, 6) is -0.541. The molecule has 0 fully saturated rings. The first-order valence-electron chi connectivity index (χ1n) is 9.56. The lowest BCUT2D eigenvalue weighted by Crippen LogP contribution is -2.25. The maximum absolute atomic E-state index is 13.7. The third-order valence-corrected chi connectivity index (χ3v) is 4.88. The SMILES string of the molecule is O=C1/C(=C\c2ccccc2OCc2cccc(Cl)c2)C(C(F)(F)F)=NN1c1ccccc1. The minimum absolute atomic E-state index is 0.158. The molecular weight excluding hydrogens is 441 g/mol. The summed E-state index contributed by atoms with van der Waals surface area (Å²) in [5.41, 5.74) is -0.446. The first-order chi connectivity index (χ1) is 15.3. The van der Waals surface area contributed by atoms with E-state index >= 15 is 0 Å². The second kappa shape index (κ2) is 8.88. The predicted molar refractivity (Wildman–Crippen MR) is 118 cm³/mol. The standard InChI is InChI=1S/C24H16ClF3N2O2/c25-18-9-6-7-16(13-18)15-32-21-12-5-4-8-17(21)14-20-22(24(26,27)28)29-30(23(20)31)19-10-2-1-3-11-19/h1-14H,15H2/b20-14-. The lowest BCUT2D eigenvalue weighted by atomic mass is 10.1. The minimum Gasteiger partial charge on any atom is -0.488 e. The average molecular weight is 457 g/mol. The number of carbonyl (C=O) groups is 1. The van der Waals surface area contributed by atoms with Gasteiger partial charge >= 0.3 is 6.18 Å². The summed E-state index contributed by atoms with van der Waals surface area (Å²) in [6.45, 7) is 0.158. The van der Waals surface area contributed by atoms with Crippen molar-refractivity contribution < 1.29 is 22.7 Å². The fourth-order valence-electron chi connectivity index (χ4n) is 3.17. The first kappa shape index (κ1) is 21.6. The van der Waals surface area contributed by atoms with Crippen LogP contribution in [0.4, 0.5) is 18.9 Å². The molecule has 0 saturated heterocycles. The van der Waals surface area contributed by atoms with E-state index in [1.54, 1.807) is 60.7 Å². The number of carbonyl (C=O) groups excluding carboxylic acids is 1. The zero-order valence-electron chi connectivity index (χ0n) is 16.5. The minimum atomic E-state index is -4.80. The molecule has 0 saturated carbocycles. The number of alkyl halides is 3. The number of amides is 1. The van der Waals surface area contributed by atoms with Crippen LogP contribution in [-0.2, 0) is 11.4 Å². The Hall–Kier alpha value is -3.58. The van der Waals surface area contributed by atoms with E-state index in [4.69, 9.17) is 16.3 Å². The summed E-state index contributed by atoms with van der Waals surface area (Å²) in [5, 5.41) is 4.87. The van der Waals surface area contributed by atoms with Gasteiger partial charge < -0.3 is 4.74 Å². The average Bonchev–Trinajstić information content (AvgIpc) is 3.10. The second-order valence-corrected chi connectivity index (χ2v) is 7.35. The Balaban J connectivity index is 1.68. The van der Waals surface area contributed by atoms with E-state index in [2.05, 4.69) is 5.10 Å². The van der Waals surface area contributed by atoms with Crippen molar-refractivity contribution in [3.8, 4) is 5.75 Å². The normalized spacial score (nSPS) is 15.2. The van der Waals surface area contributed by atoms with Gasteiger partial charge in [0.25, 0.3) is 5.91 Å². The van der Waals surface area contributed by atoms with Gasteiger partial charge in [-0.3, -0.25) is 4.79 Å². The van der Waals surface area contributed by atoms with Crippen molar-refractivity contribution in [1.29, 1.82) is 0 Å². The summed E-state index contributed by atoms with van der Waals surface area (Å²) in [7, 11) is 0. The van der Waals surface area contributed by atoms with E-state index in [1.165, 1.54) is 12.1 Å². The molecule has 0 unspecified atom stereocenters. The Bertz CT molecular complexity index is 1210. The zero-order valence-corrected chi connectivity index (χ0v) is 17.3. The van der Waals surface area contributed by atoms with E-state index in [-0.39, 0.29) is 12.3 Å². The summed E-state index contributed by atoms with van der Waals surface area (Å²) in [6.07, 6.45) is -3.65. The molecule has 1 aliphatic heterocycles. The Kier molecular flexibility index (Phi) is 6.01. The van der Waals surface area contributed by atoms with Gasteiger partial charge in [0.15, 0.2) is 5.71 Å². The zero-order chi connectivity index (χ0) is 22.7. The quantitative estimate of drug-likeness (QED) is 0.425. The van der Waals surface area contributed by atoms with Crippen LogP contribution in [0.2, 0.25) is 5.02 Å². The molecule has 32 heavy (non-hydrogen) atoms. The molecule has 0 spiro atoms. The molecule has 0 N–H and O–H groups in total. The largest absolute Gasteiger partial charge is 0.488 e. The van der Waals surface area contributed by atoms with Gasteiger partial charge in [0.1, 0.15) is 12.4 Å². The van der Waals surface area contributed by atoms with E-state index in [1.807, 2.05) is 6.07 Å². The number of hydrazone groups is 1. The highest BCUT2D eigenvalue weighted by atomic mass is 35.5. The predicted octanol–water partition coefficient (Wildman–Crippen LogP) is 6.27. The van der Waals surface area contributed by atoms with Gasteiger partial charge in [-0.2, -0.15) is 23.3 Å². The molecule has 1 heterocycles. The fraction of sp³-hybridized carbons (Fsp3) is 0.0833. The molecule has 0 aliphatic carbocycles. The second-order valence-electron chi connectivity index (χ2n) is 6.91. The molecule has 0 aromatic heterocycles. The van der Waals surface area contributed by atoms with Gasteiger partial charge in [-0.05, 0) is 42.0 Å². The van der Waals surface area contributed by atoms with Gasteiger partial charge in [-0.25, -0.2) is 0 Å². The number of benzene rings is 3.